The quantitative estimate of drug-likeness (QED) is 0.888. The number of ether oxygens (including phenoxy) is 1. The molecule has 1 amide bonds. The lowest BCUT2D eigenvalue weighted by Gasteiger charge is -2.17. The van der Waals surface area contributed by atoms with Crippen molar-refractivity contribution >= 4 is 6.09 Å². The molecule has 1 atom stereocenters. The van der Waals surface area contributed by atoms with E-state index >= 15 is 0 Å². The van der Waals surface area contributed by atoms with E-state index in [1.165, 1.54) is 11.1 Å². The highest BCUT2D eigenvalue weighted by molar-refractivity contribution is 5.69. The van der Waals surface area contributed by atoms with E-state index < -0.39 is 0 Å². The molecule has 1 aromatic heterocycles. The molecule has 1 heterocycles. The number of nitrogens with one attached hydrogen (secondary N) is 1. The van der Waals surface area contributed by atoms with Crippen molar-refractivity contribution in [3.63, 3.8) is 0 Å². The summed E-state index contributed by atoms with van der Waals surface area (Å²) in [5, 5.41) is 7.16. The number of fused-ring (bicyclic) bond motifs is 1. The fraction of sp³-hybridized carbons (Fsp3) is 0.550. The molecule has 2 aromatic rings. The van der Waals surface area contributed by atoms with E-state index in [4.69, 9.17) is 9.26 Å². The van der Waals surface area contributed by atoms with Crippen LogP contribution in [0.15, 0.2) is 22.7 Å². The molecule has 2 saturated carbocycles. The SMILES string of the molecule is O=C(N[C@@H]1CCc2cc(-c3noc(C4CC4)n3)ccc21)OC1CCCC1. The van der Waals surface area contributed by atoms with Gasteiger partial charge in [0.05, 0.1) is 6.04 Å². The Hall–Kier alpha value is -2.37. The maximum Gasteiger partial charge on any atom is 0.407 e. The predicted molar refractivity (Wildman–Crippen MR) is 94.6 cm³/mol. The van der Waals surface area contributed by atoms with E-state index in [0.29, 0.717) is 11.7 Å². The number of rotatable bonds is 4. The summed E-state index contributed by atoms with van der Waals surface area (Å²) in [5.74, 6) is 1.88. The molecular weight excluding hydrogens is 330 g/mol. The molecule has 6 heteroatoms. The molecule has 1 aromatic carbocycles. The molecule has 0 radical (unpaired) electrons. The standard InChI is InChI=1S/C20H23N3O3/c24-20(25-15-3-1-2-4-15)21-17-10-8-13-11-14(7-9-16(13)17)18-22-19(26-23-18)12-5-6-12/h7,9,11-12,15,17H,1-6,8,10H2,(H,21,24)/t17-/m1/s1. The van der Waals surface area contributed by atoms with Crippen LogP contribution in [0.25, 0.3) is 11.4 Å². The highest BCUT2D eigenvalue weighted by atomic mass is 16.6. The number of carbonyl (C=O) groups is 1. The van der Waals surface area contributed by atoms with Crippen molar-refractivity contribution in [3.8, 4) is 11.4 Å². The first-order chi connectivity index (χ1) is 12.8. The van der Waals surface area contributed by atoms with E-state index in [1.54, 1.807) is 0 Å². The van der Waals surface area contributed by atoms with Gasteiger partial charge in [-0.2, -0.15) is 4.98 Å². The van der Waals surface area contributed by atoms with Gasteiger partial charge in [0.25, 0.3) is 0 Å². The van der Waals surface area contributed by atoms with Gasteiger partial charge >= 0.3 is 6.09 Å². The Bertz CT molecular complexity index is 821. The van der Waals surface area contributed by atoms with Crippen LogP contribution in [0.4, 0.5) is 4.79 Å². The normalized spacial score (nSPS) is 22.4. The van der Waals surface area contributed by atoms with Crippen molar-refractivity contribution in [2.45, 2.75) is 69.4 Å². The molecule has 3 aliphatic rings. The van der Waals surface area contributed by atoms with Gasteiger partial charge in [-0.15, -0.1) is 0 Å². The fourth-order valence-electron chi connectivity index (χ4n) is 4.09. The van der Waals surface area contributed by atoms with Crippen molar-refractivity contribution in [1.29, 1.82) is 0 Å². The smallest absolute Gasteiger partial charge is 0.407 e. The third kappa shape index (κ3) is 3.08. The minimum atomic E-state index is -0.286. The summed E-state index contributed by atoms with van der Waals surface area (Å²) in [6.07, 6.45) is 8.24. The fourth-order valence-corrected chi connectivity index (χ4v) is 4.09. The second-order valence-corrected chi connectivity index (χ2v) is 7.69. The highest BCUT2D eigenvalue weighted by Crippen LogP contribution is 2.40. The van der Waals surface area contributed by atoms with Gasteiger partial charge in [-0.05, 0) is 68.6 Å². The Morgan fingerprint density at radius 3 is 2.81 bits per heavy atom. The molecule has 1 N–H and O–H groups in total. The van der Waals surface area contributed by atoms with Crippen LogP contribution in [0.5, 0.6) is 0 Å². The number of nitrogens with zero attached hydrogens (tertiary/aromatic N) is 2. The summed E-state index contributed by atoms with van der Waals surface area (Å²) in [7, 11) is 0. The van der Waals surface area contributed by atoms with Gasteiger partial charge in [0.2, 0.25) is 11.7 Å². The average Bonchev–Trinajstić information content (AvgIpc) is 3.04. The third-order valence-electron chi connectivity index (χ3n) is 5.72. The molecule has 0 saturated heterocycles. The van der Waals surface area contributed by atoms with Crippen molar-refractivity contribution in [3.05, 3.63) is 35.2 Å². The maximum absolute atomic E-state index is 12.2. The predicted octanol–water partition coefficient (Wildman–Crippen LogP) is 4.27. The van der Waals surface area contributed by atoms with Crippen LogP contribution >= 0.6 is 0 Å². The lowest BCUT2D eigenvalue weighted by Crippen LogP contribution is -2.30. The van der Waals surface area contributed by atoms with E-state index in [9.17, 15) is 4.79 Å². The zero-order valence-electron chi connectivity index (χ0n) is 14.7. The number of carbonyl (C=O) groups excluding carboxylic acids is 1. The van der Waals surface area contributed by atoms with Gasteiger partial charge in [0, 0.05) is 11.5 Å². The van der Waals surface area contributed by atoms with Crippen LogP contribution in [0.2, 0.25) is 0 Å². The Kier molecular flexibility index (Phi) is 3.91. The Labute approximate surface area is 152 Å². The molecule has 0 spiro atoms. The molecule has 3 aliphatic carbocycles. The summed E-state index contributed by atoms with van der Waals surface area (Å²) in [6.45, 7) is 0. The minimum Gasteiger partial charge on any atom is -0.446 e. The van der Waals surface area contributed by atoms with E-state index in [1.807, 2.05) is 6.07 Å². The second kappa shape index (κ2) is 6.41. The van der Waals surface area contributed by atoms with E-state index in [0.717, 1.165) is 62.8 Å². The van der Waals surface area contributed by atoms with Gasteiger partial charge in [-0.25, -0.2) is 4.79 Å². The molecule has 0 unspecified atom stereocenters. The first kappa shape index (κ1) is 15.9. The maximum atomic E-state index is 12.2. The van der Waals surface area contributed by atoms with E-state index in [2.05, 4.69) is 27.6 Å². The highest BCUT2D eigenvalue weighted by Gasteiger charge is 2.30. The van der Waals surface area contributed by atoms with Gasteiger partial charge in [-0.1, -0.05) is 17.3 Å². The van der Waals surface area contributed by atoms with E-state index in [-0.39, 0.29) is 18.2 Å². The van der Waals surface area contributed by atoms with Crippen LogP contribution in [-0.2, 0) is 11.2 Å². The van der Waals surface area contributed by atoms with Crippen molar-refractivity contribution in [1.82, 2.24) is 15.5 Å². The molecule has 26 heavy (non-hydrogen) atoms. The Morgan fingerprint density at radius 1 is 1.15 bits per heavy atom. The number of alkyl carbamates (subject to hydrolysis) is 1. The van der Waals surface area contributed by atoms with Crippen LogP contribution in [0.3, 0.4) is 0 Å². The molecule has 136 valence electrons. The molecule has 0 bridgehead atoms. The summed E-state index contributed by atoms with van der Waals surface area (Å²) in [4.78, 5) is 16.7. The topological polar surface area (TPSA) is 77.3 Å². The summed E-state index contributed by atoms with van der Waals surface area (Å²) in [6, 6.07) is 6.25. The van der Waals surface area contributed by atoms with Crippen LogP contribution < -0.4 is 5.32 Å². The summed E-state index contributed by atoms with van der Waals surface area (Å²) in [5.41, 5.74) is 3.39. The minimum absolute atomic E-state index is 0.0280. The zero-order chi connectivity index (χ0) is 17.5. The molecule has 0 aliphatic heterocycles. The molecule has 2 fully saturated rings. The first-order valence-corrected chi connectivity index (χ1v) is 9.70. The zero-order valence-corrected chi connectivity index (χ0v) is 14.7. The summed E-state index contributed by atoms with van der Waals surface area (Å²) >= 11 is 0. The average molecular weight is 353 g/mol. The number of aryl methyl sites for hydroxylation is 1. The molecule has 6 nitrogen and oxygen atoms in total. The monoisotopic (exact) mass is 353 g/mol. The molecule has 5 rings (SSSR count). The Morgan fingerprint density at radius 2 is 2.00 bits per heavy atom. The number of hydrogen-bond donors (Lipinski definition) is 1. The number of benzene rings is 1. The lowest BCUT2D eigenvalue weighted by atomic mass is 10.0. The summed E-state index contributed by atoms with van der Waals surface area (Å²) < 4.78 is 10.9. The number of aromatic nitrogens is 2. The van der Waals surface area contributed by atoms with Crippen molar-refractivity contribution < 1.29 is 14.1 Å². The van der Waals surface area contributed by atoms with Crippen molar-refractivity contribution in [2.24, 2.45) is 0 Å². The largest absolute Gasteiger partial charge is 0.446 e. The van der Waals surface area contributed by atoms with Gasteiger partial charge in [-0.3, -0.25) is 0 Å². The first-order valence-electron chi connectivity index (χ1n) is 9.70. The molecular formula is C20H23N3O3. The number of amides is 1. The van der Waals surface area contributed by atoms with Crippen LogP contribution in [0.1, 0.15) is 73.9 Å². The van der Waals surface area contributed by atoms with Gasteiger partial charge < -0.3 is 14.6 Å². The Balaban J connectivity index is 1.27. The van der Waals surface area contributed by atoms with Crippen molar-refractivity contribution in [2.75, 3.05) is 0 Å². The van der Waals surface area contributed by atoms with Gasteiger partial charge in [0.15, 0.2) is 0 Å². The second-order valence-electron chi connectivity index (χ2n) is 7.69. The number of hydrogen-bond acceptors (Lipinski definition) is 5. The third-order valence-corrected chi connectivity index (χ3v) is 5.72. The van der Waals surface area contributed by atoms with Gasteiger partial charge in [0.1, 0.15) is 6.10 Å². The van der Waals surface area contributed by atoms with Crippen LogP contribution in [0, 0.1) is 0 Å². The van der Waals surface area contributed by atoms with Crippen LogP contribution in [-0.4, -0.2) is 22.3 Å². The lowest BCUT2D eigenvalue weighted by molar-refractivity contribution is 0.0978.